The maximum atomic E-state index is 12.6. The third kappa shape index (κ3) is 4.71. The first-order valence-electron chi connectivity index (χ1n) is 9.47. The van der Waals surface area contributed by atoms with Crippen LogP contribution in [0, 0.1) is 19.8 Å². The lowest BCUT2D eigenvalue weighted by molar-refractivity contribution is 0.0734. The summed E-state index contributed by atoms with van der Waals surface area (Å²) < 4.78 is 0. The van der Waals surface area contributed by atoms with Crippen LogP contribution >= 0.6 is 11.3 Å². The van der Waals surface area contributed by atoms with Crippen LogP contribution in [-0.4, -0.2) is 53.9 Å². The lowest BCUT2D eigenvalue weighted by atomic mass is 9.96. The Morgan fingerprint density at radius 2 is 2.15 bits per heavy atom. The Morgan fingerprint density at radius 1 is 1.35 bits per heavy atom. The minimum absolute atomic E-state index is 0.113. The van der Waals surface area contributed by atoms with Crippen molar-refractivity contribution in [3.63, 3.8) is 0 Å². The van der Waals surface area contributed by atoms with Crippen molar-refractivity contribution in [3.05, 3.63) is 51.5 Å². The molecule has 1 atom stereocenters. The van der Waals surface area contributed by atoms with E-state index in [2.05, 4.69) is 41.1 Å². The van der Waals surface area contributed by atoms with E-state index in [0.29, 0.717) is 5.92 Å². The molecular formula is C21H29N3OS. The number of thiazole rings is 1. The van der Waals surface area contributed by atoms with E-state index in [1.165, 1.54) is 41.9 Å². The maximum Gasteiger partial charge on any atom is 0.265 e. The molecule has 1 aromatic carbocycles. The van der Waals surface area contributed by atoms with Crippen molar-refractivity contribution in [2.45, 2.75) is 33.1 Å². The molecule has 3 rings (SSSR count). The number of hydrogen-bond acceptors (Lipinski definition) is 4. The van der Waals surface area contributed by atoms with Gasteiger partial charge in [-0.2, -0.15) is 0 Å². The van der Waals surface area contributed by atoms with E-state index in [1.807, 2.05) is 18.9 Å². The highest BCUT2D eigenvalue weighted by atomic mass is 32.1. The molecule has 26 heavy (non-hydrogen) atoms. The molecule has 2 aromatic rings. The van der Waals surface area contributed by atoms with Gasteiger partial charge in [-0.05, 0) is 56.7 Å². The number of aryl methyl sites for hydroxylation is 2. The van der Waals surface area contributed by atoms with Crippen LogP contribution in [0.3, 0.4) is 0 Å². The Bertz CT molecular complexity index is 742. The number of carbonyl (C=O) groups is 1. The molecule has 140 valence electrons. The molecule has 2 heterocycles. The van der Waals surface area contributed by atoms with Gasteiger partial charge in [-0.15, -0.1) is 11.3 Å². The van der Waals surface area contributed by atoms with Crippen molar-refractivity contribution >= 4 is 17.2 Å². The zero-order valence-electron chi connectivity index (χ0n) is 16.1. The summed E-state index contributed by atoms with van der Waals surface area (Å²) in [7, 11) is 1.92. The first-order chi connectivity index (χ1) is 12.5. The molecule has 5 heteroatoms. The fraction of sp³-hybridized carbons (Fsp3) is 0.524. The monoisotopic (exact) mass is 371 g/mol. The molecule has 0 saturated carbocycles. The average molecular weight is 372 g/mol. The lowest BCUT2D eigenvalue weighted by Gasteiger charge is -2.34. The van der Waals surface area contributed by atoms with Crippen molar-refractivity contribution in [2.75, 3.05) is 33.2 Å². The number of piperidine rings is 1. The Labute approximate surface area is 160 Å². The largest absolute Gasteiger partial charge is 0.341 e. The number of likely N-dealkylation sites (tertiary alicyclic amines) is 1. The summed E-state index contributed by atoms with van der Waals surface area (Å²) in [5.41, 5.74) is 5.42. The van der Waals surface area contributed by atoms with Crippen molar-refractivity contribution < 1.29 is 4.79 Å². The van der Waals surface area contributed by atoms with Crippen LogP contribution in [0.2, 0.25) is 0 Å². The zero-order chi connectivity index (χ0) is 18.5. The molecule has 0 bridgehead atoms. The van der Waals surface area contributed by atoms with Gasteiger partial charge in [-0.1, -0.05) is 24.3 Å². The molecule has 1 unspecified atom stereocenters. The third-order valence-electron chi connectivity index (χ3n) is 5.38. The lowest BCUT2D eigenvalue weighted by Crippen LogP contribution is -2.42. The smallest absolute Gasteiger partial charge is 0.265 e. The van der Waals surface area contributed by atoms with Gasteiger partial charge in [0.2, 0.25) is 0 Å². The van der Waals surface area contributed by atoms with E-state index < -0.39 is 0 Å². The number of hydrogen-bond donors (Lipinski definition) is 0. The highest BCUT2D eigenvalue weighted by Gasteiger charge is 2.24. The summed E-state index contributed by atoms with van der Waals surface area (Å²) >= 11 is 1.44. The number of benzene rings is 1. The Kier molecular flexibility index (Phi) is 6.43. The van der Waals surface area contributed by atoms with Crippen LogP contribution in [0.5, 0.6) is 0 Å². The molecule has 1 amide bonds. The second-order valence-corrected chi connectivity index (χ2v) is 8.29. The Hall–Kier alpha value is -1.72. The van der Waals surface area contributed by atoms with E-state index in [1.54, 1.807) is 5.51 Å². The second-order valence-electron chi connectivity index (χ2n) is 7.44. The predicted molar refractivity (Wildman–Crippen MR) is 108 cm³/mol. The molecular weight excluding hydrogens is 342 g/mol. The third-order valence-corrected chi connectivity index (χ3v) is 6.30. The molecule has 1 aliphatic heterocycles. The molecule has 1 aliphatic rings. The van der Waals surface area contributed by atoms with Gasteiger partial charge in [-0.3, -0.25) is 4.79 Å². The Balaban J connectivity index is 1.51. The van der Waals surface area contributed by atoms with Crippen molar-refractivity contribution in [3.8, 4) is 0 Å². The van der Waals surface area contributed by atoms with Gasteiger partial charge in [0.1, 0.15) is 4.88 Å². The van der Waals surface area contributed by atoms with E-state index in [9.17, 15) is 4.79 Å². The fourth-order valence-electron chi connectivity index (χ4n) is 3.82. The van der Waals surface area contributed by atoms with E-state index >= 15 is 0 Å². The van der Waals surface area contributed by atoms with Gasteiger partial charge in [0.25, 0.3) is 5.91 Å². The number of nitrogens with zero attached hydrogens (tertiary/aromatic N) is 3. The van der Waals surface area contributed by atoms with Crippen LogP contribution in [0.15, 0.2) is 29.8 Å². The van der Waals surface area contributed by atoms with E-state index in [4.69, 9.17) is 0 Å². The fourth-order valence-corrected chi connectivity index (χ4v) is 4.62. The molecule has 1 saturated heterocycles. The number of aromatic nitrogens is 1. The highest BCUT2D eigenvalue weighted by molar-refractivity contribution is 7.11. The number of rotatable bonds is 6. The topological polar surface area (TPSA) is 36.4 Å². The molecule has 1 fully saturated rings. The van der Waals surface area contributed by atoms with Crippen LogP contribution < -0.4 is 0 Å². The SMILES string of the molecule is Cc1ccccc1CCN1CCCC(CN(C)C(=O)c2scnc2C)C1. The van der Waals surface area contributed by atoms with Gasteiger partial charge in [0, 0.05) is 26.7 Å². The van der Waals surface area contributed by atoms with Gasteiger partial charge >= 0.3 is 0 Å². The van der Waals surface area contributed by atoms with Gasteiger partial charge in [-0.25, -0.2) is 4.98 Å². The standard InChI is InChI=1S/C21H29N3OS/c1-16-7-4-5-9-19(16)10-12-24-11-6-8-18(14-24)13-23(3)21(25)20-17(2)22-15-26-20/h4-5,7,9,15,18H,6,8,10-14H2,1-3H3. The summed E-state index contributed by atoms with van der Waals surface area (Å²) in [5, 5.41) is 0. The number of amides is 1. The summed E-state index contributed by atoms with van der Waals surface area (Å²) in [6.45, 7) is 8.30. The molecule has 4 nitrogen and oxygen atoms in total. The minimum Gasteiger partial charge on any atom is -0.341 e. The summed E-state index contributed by atoms with van der Waals surface area (Å²) in [4.78, 5) is 22.0. The summed E-state index contributed by atoms with van der Waals surface area (Å²) in [5.74, 6) is 0.671. The Morgan fingerprint density at radius 3 is 2.88 bits per heavy atom. The molecule has 1 aromatic heterocycles. The van der Waals surface area contributed by atoms with E-state index in [-0.39, 0.29) is 5.91 Å². The predicted octanol–water partition coefficient (Wildman–Crippen LogP) is 3.79. The number of carbonyl (C=O) groups excluding carboxylic acids is 1. The van der Waals surface area contributed by atoms with Gasteiger partial charge < -0.3 is 9.80 Å². The first kappa shape index (κ1) is 19.1. The average Bonchev–Trinajstić information content (AvgIpc) is 3.06. The molecule has 0 aliphatic carbocycles. The molecule has 0 radical (unpaired) electrons. The van der Waals surface area contributed by atoms with Crippen LogP contribution in [0.1, 0.15) is 39.3 Å². The maximum absolute atomic E-state index is 12.6. The van der Waals surface area contributed by atoms with Crippen molar-refractivity contribution in [1.29, 1.82) is 0 Å². The van der Waals surface area contributed by atoms with Crippen LogP contribution in [0.25, 0.3) is 0 Å². The zero-order valence-corrected chi connectivity index (χ0v) is 16.9. The summed E-state index contributed by atoms with van der Waals surface area (Å²) in [6.07, 6.45) is 3.54. The normalized spacial score (nSPS) is 18.0. The van der Waals surface area contributed by atoms with Crippen LogP contribution in [-0.2, 0) is 6.42 Å². The molecule has 0 N–H and O–H groups in total. The van der Waals surface area contributed by atoms with Gasteiger partial charge in [0.15, 0.2) is 0 Å². The van der Waals surface area contributed by atoms with E-state index in [0.717, 1.165) is 36.6 Å². The van der Waals surface area contributed by atoms with Crippen molar-refractivity contribution in [1.82, 2.24) is 14.8 Å². The van der Waals surface area contributed by atoms with Crippen molar-refractivity contribution in [2.24, 2.45) is 5.92 Å². The minimum atomic E-state index is 0.113. The second kappa shape index (κ2) is 8.78. The first-order valence-corrected chi connectivity index (χ1v) is 10.3. The quantitative estimate of drug-likeness (QED) is 0.775. The highest BCUT2D eigenvalue weighted by Crippen LogP contribution is 2.20. The molecule has 0 spiro atoms. The summed E-state index contributed by atoms with van der Waals surface area (Å²) in [6, 6.07) is 8.66. The van der Waals surface area contributed by atoms with Gasteiger partial charge in [0.05, 0.1) is 11.2 Å². The van der Waals surface area contributed by atoms with Crippen LogP contribution in [0.4, 0.5) is 0 Å².